The van der Waals surface area contributed by atoms with Crippen molar-refractivity contribution in [3.05, 3.63) is 28.7 Å². The van der Waals surface area contributed by atoms with Crippen LogP contribution >= 0.6 is 0 Å². The van der Waals surface area contributed by atoms with E-state index in [1.54, 1.807) is 4.90 Å². The molecule has 0 saturated carbocycles. The number of halogens is 3. The highest BCUT2D eigenvalue weighted by atomic mass is 19.4. The van der Waals surface area contributed by atoms with Crippen LogP contribution in [0.4, 0.5) is 18.9 Å². The highest BCUT2D eigenvalue weighted by Gasteiger charge is 2.41. The summed E-state index contributed by atoms with van der Waals surface area (Å²) < 4.78 is 39.5. The Bertz CT molecular complexity index is 512. The number of hydrogen-bond acceptors (Lipinski definition) is 3. The number of hydrogen-bond donors (Lipinski definition) is 1. The van der Waals surface area contributed by atoms with Crippen molar-refractivity contribution in [1.82, 2.24) is 9.47 Å². The van der Waals surface area contributed by atoms with Gasteiger partial charge in [-0.25, -0.2) is 0 Å². The topological polar surface area (TPSA) is 51.3 Å². The molecule has 4 nitrogen and oxygen atoms in total. The zero-order valence-corrected chi connectivity index (χ0v) is 11.1. The highest BCUT2D eigenvalue weighted by molar-refractivity contribution is 5.33. The Kier molecular flexibility index (Phi) is 4.37. The van der Waals surface area contributed by atoms with Crippen molar-refractivity contribution < 1.29 is 13.2 Å². The fraction of sp³-hybridized carbons (Fsp3) is 0.615. The zero-order valence-electron chi connectivity index (χ0n) is 11.1. The molecule has 112 valence electrons. The van der Waals surface area contributed by atoms with Crippen LogP contribution in [0.25, 0.3) is 0 Å². The van der Waals surface area contributed by atoms with Gasteiger partial charge < -0.3 is 15.2 Å². The fourth-order valence-corrected chi connectivity index (χ4v) is 2.50. The summed E-state index contributed by atoms with van der Waals surface area (Å²) in [5, 5.41) is 0. The van der Waals surface area contributed by atoms with Gasteiger partial charge in [-0.2, -0.15) is 13.2 Å². The third kappa shape index (κ3) is 3.75. The molecule has 1 unspecified atom stereocenters. The van der Waals surface area contributed by atoms with Crippen molar-refractivity contribution in [2.45, 2.75) is 25.6 Å². The zero-order chi connectivity index (χ0) is 14.8. The number of anilines is 1. The van der Waals surface area contributed by atoms with Gasteiger partial charge in [-0.05, 0) is 25.5 Å². The van der Waals surface area contributed by atoms with E-state index in [2.05, 4.69) is 0 Å². The predicted octanol–water partition coefficient (Wildman–Crippen LogP) is 1.70. The van der Waals surface area contributed by atoms with Gasteiger partial charge in [0.05, 0.1) is 5.92 Å². The van der Waals surface area contributed by atoms with Gasteiger partial charge in [-0.3, -0.25) is 4.79 Å². The molecule has 0 radical (unpaired) electrons. The minimum Gasteiger partial charge on any atom is -0.398 e. The van der Waals surface area contributed by atoms with E-state index < -0.39 is 12.1 Å². The summed E-state index contributed by atoms with van der Waals surface area (Å²) in [6.07, 6.45) is -1.88. The van der Waals surface area contributed by atoms with Crippen molar-refractivity contribution in [3.8, 4) is 0 Å². The van der Waals surface area contributed by atoms with Gasteiger partial charge in [0.2, 0.25) is 0 Å². The van der Waals surface area contributed by atoms with Gasteiger partial charge in [0.25, 0.3) is 5.56 Å². The first-order valence-corrected chi connectivity index (χ1v) is 6.61. The summed E-state index contributed by atoms with van der Waals surface area (Å²) >= 11 is 0. The standard InChI is InChI=1S/C13H18F3N3O/c14-13(15,16)10-2-1-5-18(8-10)6-7-19-9-11(17)3-4-12(19)20/h3-4,9-10H,1-2,5-8,17H2. The minimum absolute atomic E-state index is 0.0145. The van der Waals surface area contributed by atoms with Crippen LogP contribution < -0.4 is 11.3 Å². The van der Waals surface area contributed by atoms with Gasteiger partial charge in [-0.15, -0.1) is 0 Å². The Morgan fingerprint density at radius 3 is 2.75 bits per heavy atom. The summed E-state index contributed by atoms with van der Waals surface area (Å²) in [5.74, 6) is -1.26. The van der Waals surface area contributed by atoms with E-state index >= 15 is 0 Å². The number of pyridine rings is 1. The van der Waals surface area contributed by atoms with Gasteiger partial charge in [-0.1, -0.05) is 0 Å². The molecule has 1 aliphatic heterocycles. The molecule has 20 heavy (non-hydrogen) atoms. The van der Waals surface area contributed by atoms with Gasteiger partial charge in [0.15, 0.2) is 0 Å². The lowest BCUT2D eigenvalue weighted by molar-refractivity contribution is -0.186. The minimum atomic E-state index is -4.13. The Morgan fingerprint density at radius 2 is 2.05 bits per heavy atom. The van der Waals surface area contributed by atoms with Gasteiger partial charge >= 0.3 is 6.18 Å². The largest absolute Gasteiger partial charge is 0.398 e. The monoisotopic (exact) mass is 289 g/mol. The highest BCUT2D eigenvalue weighted by Crippen LogP contribution is 2.32. The number of nitrogens with two attached hydrogens (primary N) is 1. The number of nitrogen functional groups attached to an aromatic ring is 1. The van der Waals surface area contributed by atoms with Crippen LogP contribution in [0.15, 0.2) is 23.1 Å². The molecule has 1 saturated heterocycles. The molecule has 1 aromatic heterocycles. The molecule has 1 atom stereocenters. The molecule has 2 heterocycles. The predicted molar refractivity (Wildman–Crippen MR) is 70.3 cm³/mol. The quantitative estimate of drug-likeness (QED) is 0.921. The van der Waals surface area contributed by atoms with E-state index in [4.69, 9.17) is 5.73 Å². The number of aromatic nitrogens is 1. The molecule has 1 fully saturated rings. The number of likely N-dealkylation sites (tertiary alicyclic amines) is 1. The van der Waals surface area contributed by atoms with Crippen LogP contribution in [0.5, 0.6) is 0 Å². The summed E-state index contributed by atoms with van der Waals surface area (Å²) in [5.41, 5.74) is 5.87. The van der Waals surface area contributed by atoms with E-state index in [1.807, 2.05) is 0 Å². The SMILES string of the molecule is Nc1ccc(=O)n(CCN2CCCC(C(F)(F)F)C2)c1. The van der Waals surface area contributed by atoms with Crippen LogP contribution in [0.3, 0.4) is 0 Å². The molecule has 0 aliphatic carbocycles. The van der Waals surface area contributed by atoms with Crippen molar-refractivity contribution in [2.75, 3.05) is 25.4 Å². The van der Waals surface area contributed by atoms with E-state index in [-0.39, 0.29) is 18.5 Å². The van der Waals surface area contributed by atoms with Crippen molar-refractivity contribution in [2.24, 2.45) is 5.92 Å². The number of rotatable bonds is 3. The van der Waals surface area contributed by atoms with E-state index in [9.17, 15) is 18.0 Å². The van der Waals surface area contributed by atoms with Crippen molar-refractivity contribution in [1.29, 1.82) is 0 Å². The van der Waals surface area contributed by atoms with Crippen molar-refractivity contribution in [3.63, 3.8) is 0 Å². The van der Waals surface area contributed by atoms with Crippen molar-refractivity contribution >= 4 is 5.69 Å². The Labute approximate surface area is 115 Å². The van der Waals surface area contributed by atoms with Crippen LogP contribution in [0.1, 0.15) is 12.8 Å². The van der Waals surface area contributed by atoms with Gasteiger partial charge in [0.1, 0.15) is 0 Å². The van der Waals surface area contributed by atoms with Crippen LogP contribution in [0.2, 0.25) is 0 Å². The molecule has 0 aromatic carbocycles. The molecular formula is C13H18F3N3O. The molecule has 0 bridgehead atoms. The molecule has 1 aromatic rings. The van der Waals surface area contributed by atoms with Crippen LogP contribution in [-0.4, -0.2) is 35.3 Å². The van der Waals surface area contributed by atoms with Gasteiger partial charge in [0, 0.05) is 37.6 Å². The summed E-state index contributed by atoms with van der Waals surface area (Å²) in [4.78, 5) is 13.3. The second-order valence-corrected chi connectivity index (χ2v) is 5.18. The van der Waals surface area contributed by atoms with E-state index in [1.165, 1.54) is 22.9 Å². The molecule has 1 aliphatic rings. The number of alkyl halides is 3. The second-order valence-electron chi connectivity index (χ2n) is 5.18. The van der Waals surface area contributed by atoms with E-state index in [0.717, 1.165) is 0 Å². The maximum atomic E-state index is 12.7. The summed E-state index contributed by atoms with van der Waals surface area (Å²) in [6, 6.07) is 2.88. The molecule has 0 amide bonds. The fourth-order valence-electron chi connectivity index (χ4n) is 2.50. The summed E-state index contributed by atoms with van der Waals surface area (Å²) in [6.45, 7) is 1.44. The first-order chi connectivity index (χ1) is 9.36. The normalized spacial score (nSPS) is 21.1. The molecule has 7 heteroatoms. The Morgan fingerprint density at radius 1 is 1.30 bits per heavy atom. The van der Waals surface area contributed by atoms with Crippen LogP contribution in [-0.2, 0) is 6.54 Å². The Balaban J connectivity index is 1.94. The third-order valence-electron chi connectivity index (χ3n) is 3.63. The molecule has 2 N–H and O–H groups in total. The molecule has 0 spiro atoms. The average molecular weight is 289 g/mol. The van der Waals surface area contributed by atoms with E-state index in [0.29, 0.717) is 31.7 Å². The Hall–Kier alpha value is -1.50. The first-order valence-electron chi connectivity index (χ1n) is 6.61. The molecular weight excluding hydrogens is 271 g/mol. The smallest absolute Gasteiger partial charge is 0.393 e. The lowest BCUT2D eigenvalue weighted by Crippen LogP contribution is -2.43. The average Bonchev–Trinajstić information content (AvgIpc) is 2.39. The lowest BCUT2D eigenvalue weighted by Gasteiger charge is -2.33. The number of piperidine rings is 1. The first kappa shape index (κ1) is 14.9. The maximum Gasteiger partial charge on any atom is 0.393 e. The number of nitrogens with zero attached hydrogens (tertiary/aromatic N) is 2. The molecule has 2 rings (SSSR count). The third-order valence-corrected chi connectivity index (χ3v) is 3.63. The maximum absolute atomic E-state index is 12.7. The summed E-state index contributed by atoms with van der Waals surface area (Å²) in [7, 11) is 0. The lowest BCUT2D eigenvalue weighted by atomic mass is 9.97. The second kappa shape index (κ2) is 5.87. The van der Waals surface area contributed by atoms with Crippen LogP contribution in [0, 0.1) is 5.92 Å².